The highest BCUT2D eigenvalue weighted by molar-refractivity contribution is 7.52. The van der Waals surface area contributed by atoms with Crippen LogP contribution in [0.1, 0.15) is 20.8 Å². The van der Waals surface area contributed by atoms with Gasteiger partial charge in [-0.1, -0.05) is 0 Å². The lowest BCUT2D eigenvalue weighted by atomic mass is 10.2. The number of nitrogens with zero attached hydrogens (tertiary/aromatic N) is 1. The van der Waals surface area contributed by atoms with Gasteiger partial charge in [0.1, 0.15) is 11.8 Å². The van der Waals surface area contributed by atoms with Crippen LogP contribution in [0, 0.1) is 0 Å². The lowest BCUT2D eigenvalue weighted by Gasteiger charge is -2.30. The van der Waals surface area contributed by atoms with Crippen LogP contribution in [-0.2, 0) is 18.9 Å². The minimum Gasteiger partial charge on any atom is -0.343 e. The Hall–Kier alpha value is -1.32. The van der Waals surface area contributed by atoms with E-state index >= 15 is 0 Å². The number of amides is 3. The van der Waals surface area contributed by atoms with Crippen molar-refractivity contribution in [1.82, 2.24) is 15.5 Å². The van der Waals surface area contributed by atoms with Crippen LogP contribution in [0.15, 0.2) is 0 Å². The highest BCUT2D eigenvalue weighted by atomic mass is 31.2. The van der Waals surface area contributed by atoms with Gasteiger partial charge in [0, 0.05) is 0 Å². The van der Waals surface area contributed by atoms with E-state index in [0.717, 1.165) is 6.92 Å². The zero-order valence-electron chi connectivity index (χ0n) is 12.9. The van der Waals surface area contributed by atoms with E-state index in [2.05, 4.69) is 10.6 Å². The van der Waals surface area contributed by atoms with Crippen molar-refractivity contribution in [1.29, 1.82) is 0 Å². The van der Waals surface area contributed by atoms with Gasteiger partial charge in [-0.05, 0) is 27.8 Å². The van der Waals surface area contributed by atoms with E-state index in [4.69, 9.17) is 5.73 Å². The van der Waals surface area contributed by atoms with Crippen molar-refractivity contribution in [3.8, 4) is 0 Å². The molecule has 22 heavy (non-hydrogen) atoms. The van der Waals surface area contributed by atoms with E-state index in [9.17, 15) is 28.7 Å². The van der Waals surface area contributed by atoms with Crippen LogP contribution < -0.4 is 16.4 Å². The van der Waals surface area contributed by atoms with Gasteiger partial charge in [0.2, 0.25) is 11.8 Å². The molecule has 0 bridgehead atoms. The third kappa shape index (κ3) is 5.82. The molecule has 0 fully saturated rings. The second kappa shape index (κ2) is 8.35. The number of rotatable bonds is 7. The van der Waals surface area contributed by atoms with Crippen LogP contribution in [0.25, 0.3) is 0 Å². The summed E-state index contributed by atoms with van der Waals surface area (Å²) in [7, 11) is -3.27. The van der Waals surface area contributed by atoms with Crippen molar-refractivity contribution < 1.29 is 28.7 Å². The normalized spacial score (nSPS) is 15.6. The van der Waals surface area contributed by atoms with Gasteiger partial charge >= 0.3 is 7.60 Å². The van der Waals surface area contributed by atoms with E-state index in [0.29, 0.717) is 4.90 Å². The van der Waals surface area contributed by atoms with E-state index in [1.807, 2.05) is 0 Å². The number of hydrogen-bond donors (Lipinski definition) is 5. The maximum atomic E-state index is 12.3. The Morgan fingerprint density at radius 1 is 1.23 bits per heavy atom. The summed E-state index contributed by atoms with van der Waals surface area (Å²) in [6, 6.07) is -2.02. The first-order valence-corrected chi connectivity index (χ1v) is 8.23. The summed E-state index contributed by atoms with van der Waals surface area (Å²) in [5, 5.41) is 4.79. The molecular weight excluding hydrogens is 315 g/mol. The van der Waals surface area contributed by atoms with Gasteiger partial charge in [-0.25, -0.2) is 0 Å². The number of nitrogens with one attached hydrogen (secondary N) is 2. The van der Waals surface area contributed by atoms with Crippen LogP contribution in [0.3, 0.4) is 0 Å². The summed E-state index contributed by atoms with van der Waals surface area (Å²) in [6.07, 6.45) is 0. The predicted octanol–water partition coefficient (Wildman–Crippen LogP) is -2.06. The summed E-state index contributed by atoms with van der Waals surface area (Å²) in [6.45, 7) is 3.49. The third-order valence-electron chi connectivity index (χ3n) is 2.84. The van der Waals surface area contributed by atoms with Gasteiger partial charge in [-0.3, -0.25) is 23.8 Å². The zero-order chi connectivity index (χ0) is 17.7. The lowest BCUT2D eigenvalue weighted by Crippen LogP contribution is -2.55. The second-order valence-corrected chi connectivity index (χ2v) is 6.80. The molecule has 0 aliphatic rings. The van der Waals surface area contributed by atoms with Crippen LogP contribution >= 0.6 is 7.60 Å². The van der Waals surface area contributed by atoms with E-state index in [1.54, 1.807) is 0 Å². The molecule has 0 saturated carbocycles. The summed E-state index contributed by atoms with van der Waals surface area (Å²) in [5.41, 5.74) is 5.36. The van der Waals surface area contributed by atoms with Crippen molar-refractivity contribution in [2.75, 3.05) is 13.6 Å². The number of likely N-dealkylation sites (N-methyl/N-ethyl adjacent to an activating group) is 1. The van der Waals surface area contributed by atoms with Crippen LogP contribution in [-0.4, -0.2) is 63.9 Å². The molecule has 0 spiro atoms. The van der Waals surface area contributed by atoms with Crippen LogP contribution in [0.2, 0.25) is 0 Å². The molecule has 0 heterocycles. The fourth-order valence-corrected chi connectivity index (χ4v) is 2.06. The van der Waals surface area contributed by atoms with Crippen molar-refractivity contribution in [2.24, 2.45) is 5.73 Å². The number of imide groups is 1. The fourth-order valence-electron chi connectivity index (χ4n) is 1.52. The van der Waals surface area contributed by atoms with Crippen molar-refractivity contribution in [3.63, 3.8) is 0 Å². The average molecular weight is 338 g/mol. The van der Waals surface area contributed by atoms with Crippen molar-refractivity contribution in [3.05, 3.63) is 0 Å². The minimum atomic E-state index is -4.72. The Balaban J connectivity index is 5.33. The molecule has 0 unspecified atom stereocenters. The topological polar surface area (TPSA) is 162 Å². The highest BCUT2D eigenvalue weighted by Crippen LogP contribution is 2.42. The summed E-state index contributed by atoms with van der Waals surface area (Å²) in [5.74, 6) is -4.00. The molecule has 0 aromatic carbocycles. The van der Waals surface area contributed by atoms with Gasteiger partial charge < -0.3 is 26.2 Å². The largest absolute Gasteiger partial charge is 0.348 e. The zero-order valence-corrected chi connectivity index (χ0v) is 13.8. The molecule has 0 rings (SSSR count). The Labute approximate surface area is 128 Å². The average Bonchev–Trinajstić information content (AvgIpc) is 2.37. The first kappa shape index (κ1) is 20.7. The van der Waals surface area contributed by atoms with Gasteiger partial charge in [-0.15, -0.1) is 0 Å². The number of nitrogens with two attached hydrogens (primary N) is 1. The Morgan fingerprint density at radius 2 is 1.73 bits per heavy atom. The summed E-state index contributed by atoms with van der Waals surface area (Å²) < 4.78 is 11.4. The molecule has 0 aromatic heterocycles. The number of hydrogen-bond acceptors (Lipinski definition) is 6. The van der Waals surface area contributed by atoms with Gasteiger partial charge in [0.15, 0.2) is 0 Å². The van der Waals surface area contributed by atoms with Gasteiger partial charge in [-0.2, -0.15) is 0 Å². The molecule has 0 saturated heterocycles. The fraction of sp³-hybridized carbons (Fsp3) is 0.727. The predicted molar refractivity (Wildman–Crippen MR) is 78.5 cm³/mol. The maximum absolute atomic E-state index is 12.3. The number of carbonyl (C=O) groups is 3. The Kier molecular flexibility index (Phi) is 7.85. The monoisotopic (exact) mass is 338 g/mol. The first-order valence-electron chi connectivity index (χ1n) is 6.55. The van der Waals surface area contributed by atoms with Gasteiger partial charge in [0.25, 0.3) is 5.91 Å². The Bertz CT molecular complexity index is 477. The first-order chi connectivity index (χ1) is 9.93. The second-order valence-electron chi connectivity index (χ2n) is 4.87. The minimum absolute atomic E-state index is 0.288. The summed E-state index contributed by atoms with van der Waals surface area (Å²) in [4.78, 5) is 54.6. The smallest absolute Gasteiger partial charge is 0.343 e. The highest BCUT2D eigenvalue weighted by Gasteiger charge is 2.39. The van der Waals surface area contributed by atoms with Crippen molar-refractivity contribution >= 4 is 25.3 Å². The van der Waals surface area contributed by atoms with E-state index < -0.39 is 43.2 Å². The molecule has 128 valence electrons. The Morgan fingerprint density at radius 3 is 2.09 bits per heavy atom. The standard InChI is InChI=1S/C11H23N4O6P/c1-6(12)10(17)14-7(2)11(18)15(9(16)5-13-4)8(3)22(19,20)21/h6-8,13H,5,12H2,1-4H3,(H,14,17)(H2,19,20,21)/t6-,7-,8+/m0/s1. The molecular formula is C11H23N4O6P. The van der Waals surface area contributed by atoms with E-state index in [-0.39, 0.29) is 6.54 Å². The maximum Gasteiger partial charge on any atom is 0.348 e. The van der Waals surface area contributed by atoms with Crippen LogP contribution in [0.4, 0.5) is 0 Å². The molecule has 6 N–H and O–H groups in total. The molecule has 0 aromatic rings. The van der Waals surface area contributed by atoms with Gasteiger partial charge in [0.05, 0.1) is 12.6 Å². The molecule has 10 nitrogen and oxygen atoms in total. The molecule has 0 radical (unpaired) electrons. The van der Waals surface area contributed by atoms with E-state index in [1.165, 1.54) is 20.9 Å². The third-order valence-corrected chi connectivity index (χ3v) is 4.04. The molecule has 11 heteroatoms. The SMILES string of the molecule is CNCC(=O)N(C(=O)[C@H](C)NC(=O)[C@H](C)N)[C@@H](C)P(=O)(O)O. The summed E-state index contributed by atoms with van der Waals surface area (Å²) >= 11 is 0. The number of carbonyl (C=O) groups excluding carboxylic acids is 3. The molecule has 0 aliphatic carbocycles. The molecule has 3 amide bonds. The van der Waals surface area contributed by atoms with Crippen LogP contribution in [0.5, 0.6) is 0 Å². The molecule has 0 aliphatic heterocycles. The van der Waals surface area contributed by atoms with Crippen molar-refractivity contribution in [2.45, 2.75) is 38.6 Å². The molecule has 3 atom stereocenters. The quantitative estimate of drug-likeness (QED) is 0.331. The lowest BCUT2D eigenvalue weighted by molar-refractivity contribution is -0.147.